The van der Waals surface area contributed by atoms with E-state index in [0.717, 1.165) is 48.8 Å². The Bertz CT molecular complexity index is 2060. The molecule has 7 amide bonds. The largest absolute Gasteiger partial charge is 0.351 e. The van der Waals surface area contributed by atoms with Crippen LogP contribution in [0.1, 0.15) is 142 Å². The lowest BCUT2D eigenvalue weighted by Gasteiger charge is -2.36. The van der Waals surface area contributed by atoms with E-state index in [-0.39, 0.29) is 61.5 Å². The zero-order valence-corrected chi connectivity index (χ0v) is 40.2. The number of nitrogens with zero attached hydrogens (tertiary/aromatic N) is 1. The molecule has 0 aromatic heterocycles. The summed E-state index contributed by atoms with van der Waals surface area (Å²) in [5.74, 6) is -3.24. The molecule has 2 aromatic rings. The van der Waals surface area contributed by atoms with E-state index in [2.05, 4.69) is 43.3 Å². The highest BCUT2D eigenvalue weighted by atomic mass is 16.2. The van der Waals surface area contributed by atoms with E-state index in [9.17, 15) is 33.6 Å². The third-order valence-corrected chi connectivity index (χ3v) is 13.1. The van der Waals surface area contributed by atoms with Crippen molar-refractivity contribution < 1.29 is 33.6 Å². The maximum atomic E-state index is 14.6. The van der Waals surface area contributed by atoms with Gasteiger partial charge in [0.1, 0.15) is 24.2 Å². The van der Waals surface area contributed by atoms with E-state index in [1.165, 1.54) is 10.5 Å². The van der Waals surface area contributed by atoms with Gasteiger partial charge in [-0.2, -0.15) is 0 Å². The van der Waals surface area contributed by atoms with Crippen LogP contribution < -0.4 is 37.2 Å². The molecule has 15 heteroatoms. The number of rotatable bonds is 16. The first-order valence-corrected chi connectivity index (χ1v) is 23.5. The van der Waals surface area contributed by atoms with Crippen LogP contribution in [0.3, 0.4) is 0 Å². The van der Waals surface area contributed by atoms with Crippen molar-refractivity contribution in [2.45, 2.75) is 168 Å². The number of likely N-dealkylation sites (N-methyl/N-ethyl adjacent to an activating group) is 1. The van der Waals surface area contributed by atoms with Crippen LogP contribution in [0.2, 0.25) is 0 Å². The molecule has 5 rings (SSSR count). The smallest absolute Gasteiger partial charge is 0.246 e. The van der Waals surface area contributed by atoms with Gasteiger partial charge in [0, 0.05) is 24.9 Å². The van der Waals surface area contributed by atoms with Crippen molar-refractivity contribution in [3.05, 3.63) is 70.8 Å². The van der Waals surface area contributed by atoms with Crippen molar-refractivity contribution in [1.29, 1.82) is 0 Å². The Morgan fingerprint density at radius 2 is 1.20 bits per heavy atom. The number of likely N-dealkylation sites (tertiary alicyclic amines) is 1. The first-order chi connectivity index (χ1) is 30.6. The molecule has 8 atom stereocenters. The standard InChI is InChI=1S/C50H74N8O7/c1-29(2)43(60)57-42(50(7,8)9)48(65)58-28-33(27-39(58)46(63)54-37-24-16-20-32-18-12-14-22-35(32)37)52-40(59)26-25-38(45(62)53-36-23-15-19-31-17-11-13-21-34(31)36)55-47(64)41(49(4,5)6)56-44(61)30(3)51-10/h11-14,17-18,21-22,29-30,33,36-39,41-42,51H,15-16,19-20,23-28H2,1-10H3,(H,52,59)(H,53,62)(H,54,63)(H,55,64)(H,56,61)(H,57,60). The Hall–Kier alpha value is -5.31. The molecule has 1 fully saturated rings. The molecule has 0 bridgehead atoms. The van der Waals surface area contributed by atoms with Crippen LogP contribution in [0.25, 0.3) is 0 Å². The summed E-state index contributed by atoms with van der Waals surface area (Å²) in [6, 6.07) is 10.2. The quantitative estimate of drug-likeness (QED) is 0.131. The van der Waals surface area contributed by atoms with Gasteiger partial charge in [0.2, 0.25) is 41.4 Å². The van der Waals surface area contributed by atoms with Crippen molar-refractivity contribution >= 4 is 41.4 Å². The SMILES string of the molecule is CNC(C)C(=O)NC(C(=O)NC(CCC(=O)NC1CC(C(=O)NC2CCCc3ccccc32)N(C(=O)C(NC(=O)C(C)C)C(C)(C)C)C1)C(=O)NC1CCCc2ccccc21)C(C)(C)C. The van der Waals surface area contributed by atoms with Crippen LogP contribution in [0.5, 0.6) is 0 Å². The lowest BCUT2D eigenvalue weighted by atomic mass is 9.85. The molecule has 8 unspecified atom stereocenters. The molecule has 2 aromatic carbocycles. The van der Waals surface area contributed by atoms with Crippen LogP contribution in [-0.2, 0) is 46.4 Å². The third-order valence-electron chi connectivity index (χ3n) is 13.1. The predicted molar refractivity (Wildman–Crippen MR) is 250 cm³/mol. The number of amides is 7. The molecule has 65 heavy (non-hydrogen) atoms. The summed E-state index contributed by atoms with van der Waals surface area (Å²) in [7, 11) is 1.65. The van der Waals surface area contributed by atoms with E-state index in [1.54, 1.807) is 27.8 Å². The maximum absolute atomic E-state index is 14.6. The molecule has 15 nitrogen and oxygen atoms in total. The van der Waals surface area contributed by atoms with Crippen LogP contribution >= 0.6 is 0 Å². The Labute approximate surface area is 385 Å². The number of fused-ring (bicyclic) bond motifs is 2. The number of hydrogen-bond acceptors (Lipinski definition) is 8. The Kier molecular flexibility index (Phi) is 17.0. The van der Waals surface area contributed by atoms with Crippen LogP contribution in [0, 0.1) is 16.7 Å². The van der Waals surface area contributed by atoms with Gasteiger partial charge in [-0.15, -0.1) is 0 Å². The highest BCUT2D eigenvalue weighted by Gasteiger charge is 2.46. The second-order valence-electron chi connectivity index (χ2n) is 20.7. The molecule has 2 aliphatic carbocycles. The van der Waals surface area contributed by atoms with Crippen LogP contribution in [-0.4, -0.2) is 96.1 Å². The van der Waals surface area contributed by atoms with Gasteiger partial charge >= 0.3 is 0 Å². The number of carbonyl (C=O) groups is 7. The monoisotopic (exact) mass is 899 g/mol. The fraction of sp³-hybridized carbons (Fsp3) is 0.620. The molecule has 356 valence electrons. The summed E-state index contributed by atoms with van der Waals surface area (Å²) in [4.78, 5) is 98.7. The van der Waals surface area contributed by atoms with Gasteiger partial charge < -0.3 is 42.1 Å². The molecule has 0 spiro atoms. The Balaban J connectivity index is 1.36. The lowest BCUT2D eigenvalue weighted by Crippen LogP contribution is -2.59. The van der Waals surface area contributed by atoms with Gasteiger partial charge in [-0.3, -0.25) is 33.6 Å². The summed E-state index contributed by atoms with van der Waals surface area (Å²) in [6.07, 6.45) is 4.93. The van der Waals surface area contributed by atoms with Gasteiger partial charge in [-0.25, -0.2) is 0 Å². The van der Waals surface area contributed by atoms with Crippen LogP contribution in [0.15, 0.2) is 48.5 Å². The number of hydrogen-bond donors (Lipinski definition) is 7. The van der Waals surface area contributed by atoms with Crippen molar-refractivity contribution in [3.8, 4) is 0 Å². The van der Waals surface area contributed by atoms with Crippen molar-refractivity contribution in [1.82, 2.24) is 42.1 Å². The third kappa shape index (κ3) is 13.2. The first-order valence-electron chi connectivity index (χ1n) is 23.5. The zero-order valence-electron chi connectivity index (χ0n) is 40.2. The maximum Gasteiger partial charge on any atom is 0.246 e. The topological polar surface area (TPSA) is 207 Å². The van der Waals surface area contributed by atoms with E-state index in [4.69, 9.17) is 0 Å². The summed E-state index contributed by atoms with van der Waals surface area (Å²) >= 11 is 0. The molecule has 1 heterocycles. The van der Waals surface area contributed by atoms with E-state index in [0.29, 0.717) is 6.42 Å². The predicted octanol–water partition coefficient (Wildman–Crippen LogP) is 4.05. The average molecular weight is 899 g/mol. The van der Waals surface area contributed by atoms with Crippen molar-refractivity contribution in [2.75, 3.05) is 13.6 Å². The number of nitrogens with one attached hydrogen (secondary N) is 7. The Morgan fingerprint density at radius 1 is 0.662 bits per heavy atom. The van der Waals surface area contributed by atoms with E-state index >= 15 is 0 Å². The number of benzene rings is 2. The molecule has 1 saturated heterocycles. The minimum absolute atomic E-state index is 0.0216. The lowest BCUT2D eigenvalue weighted by molar-refractivity contribution is -0.144. The molecular formula is C50H74N8O7. The number of aryl methyl sites for hydroxylation is 2. The minimum Gasteiger partial charge on any atom is -0.351 e. The summed E-state index contributed by atoms with van der Waals surface area (Å²) in [6.45, 7) is 16.2. The van der Waals surface area contributed by atoms with Gasteiger partial charge in [0.15, 0.2) is 0 Å². The van der Waals surface area contributed by atoms with Crippen molar-refractivity contribution in [2.24, 2.45) is 16.7 Å². The second kappa shape index (κ2) is 21.8. The normalized spacial score (nSPS) is 21.4. The fourth-order valence-electron chi connectivity index (χ4n) is 9.08. The van der Waals surface area contributed by atoms with Crippen molar-refractivity contribution in [3.63, 3.8) is 0 Å². The molecule has 1 aliphatic heterocycles. The average Bonchev–Trinajstić information content (AvgIpc) is 3.68. The van der Waals surface area contributed by atoms with Gasteiger partial charge in [0.25, 0.3) is 0 Å². The van der Waals surface area contributed by atoms with Crippen LogP contribution in [0.4, 0.5) is 0 Å². The second-order valence-corrected chi connectivity index (χ2v) is 20.7. The van der Waals surface area contributed by atoms with E-state index < -0.39 is 70.7 Å². The summed E-state index contributed by atoms with van der Waals surface area (Å²) in [5.41, 5.74) is 2.95. The first kappa shape index (κ1) is 50.7. The zero-order chi connectivity index (χ0) is 47.8. The summed E-state index contributed by atoms with van der Waals surface area (Å²) in [5, 5.41) is 20.9. The molecule has 7 N–H and O–H groups in total. The highest BCUT2D eigenvalue weighted by Crippen LogP contribution is 2.33. The van der Waals surface area contributed by atoms with Gasteiger partial charge in [0.05, 0.1) is 18.1 Å². The Morgan fingerprint density at radius 3 is 1.74 bits per heavy atom. The highest BCUT2D eigenvalue weighted by molar-refractivity contribution is 5.95. The molecular weight excluding hydrogens is 825 g/mol. The van der Waals surface area contributed by atoms with E-state index in [1.807, 2.05) is 84.0 Å². The summed E-state index contributed by atoms with van der Waals surface area (Å²) < 4.78 is 0. The molecule has 0 saturated carbocycles. The van der Waals surface area contributed by atoms with Gasteiger partial charge in [-0.1, -0.05) is 104 Å². The fourth-order valence-corrected chi connectivity index (χ4v) is 9.08. The minimum atomic E-state index is -1.14. The van der Waals surface area contributed by atoms with Gasteiger partial charge in [-0.05, 0) is 98.4 Å². The molecule has 0 radical (unpaired) electrons. The molecule has 3 aliphatic rings. The number of carbonyl (C=O) groups excluding carboxylic acids is 7.